The molecular formula is C22H33NO3. The smallest absolute Gasteiger partial charge is 0.156 e. The van der Waals surface area contributed by atoms with Gasteiger partial charge in [-0.3, -0.25) is 4.90 Å². The Morgan fingerprint density at radius 3 is 2.88 bits per heavy atom. The predicted molar refractivity (Wildman–Crippen MR) is 104 cm³/mol. The van der Waals surface area contributed by atoms with Crippen molar-refractivity contribution in [1.82, 2.24) is 4.90 Å². The van der Waals surface area contributed by atoms with Crippen LogP contribution in [0.4, 0.5) is 0 Å². The zero-order valence-electron chi connectivity index (χ0n) is 16.4. The molecule has 4 heteroatoms. The molecule has 3 atom stereocenters. The van der Waals surface area contributed by atoms with E-state index in [1.165, 1.54) is 18.4 Å². The lowest BCUT2D eigenvalue weighted by atomic mass is 9.75. The van der Waals surface area contributed by atoms with Gasteiger partial charge < -0.3 is 14.2 Å². The summed E-state index contributed by atoms with van der Waals surface area (Å²) in [5.74, 6) is 0.915. The van der Waals surface area contributed by atoms with Gasteiger partial charge >= 0.3 is 0 Å². The summed E-state index contributed by atoms with van der Waals surface area (Å²) >= 11 is 0. The molecule has 0 N–H and O–H groups in total. The minimum atomic E-state index is 0.173. The Labute approximate surface area is 158 Å². The van der Waals surface area contributed by atoms with E-state index in [9.17, 15) is 0 Å². The van der Waals surface area contributed by atoms with Crippen molar-refractivity contribution in [1.29, 1.82) is 0 Å². The average molecular weight is 360 g/mol. The first-order valence-electron chi connectivity index (χ1n) is 9.95. The zero-order valence-corrected chi connectivity index (χ0v) is 16.4. The van der Waals surface area contributed by atoms with E-state index in [1.807, 2.05) is 7.11 Å². The lowest BCUT2D eigenvalue weighted by molar-refractivity contribution is -0.0562. The molecule has 2 heterocycles. The number of piperidine rings is 1. The first-order valence-corrected chi connectivity index (χ1v) is 9.95. The van der Waals surface area contributed by atoms with E-state index in [2.05, 4.69) is 37.0 Å². The van der Waals surface area contributed by atoms with Crippen molar-refractivity contribution >= 4 is 0 Å². The Hall–Kier alpha value is -1.52. The van der Waals surface area contributed by atoms with Crippen LogP contribution in [0.15, 0.2) is 48.3 Å². The van der Waals surface area contributed by atoms with Crippen molar-refractivity contribution < 1.29 is 14.2 Å². The first-order chi connectivity index (χ1) is 12.7. The van der Waals surface area contributed by atoms with Crippen LogP contribution in [-0.2, 0) is 14.2 Å². The summed E-state index contributed by atoms with van der Waals surface area (Å²) in [5.41, 5.74) is 1.66. The van der Waals surface area contributed by atoms with Gasteiger partial charge in [-0.05, 0) is 45.1 Å². The van der Waals surface area contributed by atoms with E-state index in [4.69, 9.17) is 14.2 Å². The fraction of sp³-hybridized carbons (Fsp3) is 0.636. The number of nitrogens with zero attached hydrogens (tertiary/aromatic N) is 1. The van der Waals surface area contributed by atoms with Gasteiger partial charge in [0.25, 0.3) is 0 Å². The maximum Gasteiger partial charge on any atom is 0.156 e. The molecule has 0 aromatic carbocycles. The van der Waals surface area contributed by atoms with E-state index in [0.29, 0.717) is 6.10 Å². The van der Waals surface area contributed by atoms with Crippen molar-refractivity contribution in [3.8, 4) is 0 Å². The van der Waals surface area contributed by atoms with Crippen LogP contribution < -0.4 is 0 Å². The first kappa shape index (κ1) is 19.2. The number of ether oxygens (including phenoxy) is 3. The maximum absolute atomic E-state index is 5.85. The van der Waals surface area contributed by atoms with Crippen LogP contribution in [0.25, 0.3) is 0 Å². The van der Waals surface area contributed by atoms with E-state index >= 15 is 0 Å². The number of likely N-dealkylation sites (tertiary alicyclic amines) is 1. The lowest BCUT2D eigenvalue weighted by Gasteiger charge is -2.47. The topological polar surface area (TPSA) is 30.9 Å². The molecule has 0 aromatic rings. The normalized spacial score (nSPS) is 28.6. The van der Waals surface area contributed by atoms with Crippen molar-refractivity contribution in [3.05, 3.63) is 48.3 Å². The highest BCUT2D eigenvalue weighted by molar-refractivity contribution is 5.21. The van der Waals surface area contributed by atoms with Crippen LogP contribution in [0.1, 0.15) is 52.4 Å². The number of rotatable bonds is 7. The average Bonchev–Trinajstić information content (AvgIpc) is 2.68. The second-order valence-electron chi connectivity index (χ2n) is 7.92. The second kappa shape index (κ2) is 8.92. The van der Waals surface area contributed by atoms with Crippen LogP contribution in [-0.4, -0.2) is 37.2 Å². The van der Waals surface area contributed by atoms with Crippen molar-refractivity contribution in [2.24, 2.45) is 5.41 Å². The molecule has 3 unspecified atom stereocenters. The third kappa shape index (κ3) is 4.41. The quantitative estimate of drug-likeness (QED) is 0.646. The van der Waals surface area contributed by atoms with Gasteiger partial charge in [0.15, 0.2) is 5.76 Å². The van der Waals surface area contributed by atoms with E-state index in [1.54, 1.807) is 18.8 Å². The van der Waals surface area contributed by atoms with Gasteiger partial charge in [-0.15, -0.1) is 0 Å². The van der Waals surface area contributed by atoms with E-state index in [-0.39, 0.29) is 11.5 Å². The van der Waals surface area contributed by atoms with E-state index in [0.717, 1.165) is 44.5 Å². The van der Waals surface area contributed by atoms with Crippen molar-refractivity contribution in [2.75, 3.05) is 20.2 Å². The summed E-state index contributed by atoms with van der Waals surface area (Å²) in [6.45, 7) is 6.72. The van der Waals surface area contributed by atoms with Gasteiger partial charge in [-0.25, -0.2) is 0 Å². The second-order valence-corrected chi connectivity index (χ2v) is 7.92. The van der Waals surface area contributed by atoms with Crippen LogP contribution in [0.2, 0.25) is 0 Å². The molecule has 1 aliphatic carbocycles. The van der Waals surface area contributed by atoms with Crippen LogP contribution >= 0.6 is 0 Å². The highest BCUT2D eigenvalue weighted by Gasteiger charge is 2.41. The standard InChI is InChI=1S/C22H33NO3/c1-4-21(24-3)22(2)11-8-12-23(17-22)19(20-16-25-13-14-26-20)15-18-9-6-5-7-10-18/h5-6,9,13-14,16,19,21H,4,7-8,10-12,15,17H2,1-3H3. The van der Waals surface area contributed by atoms with Crippen LogP contribution in [0.3, 0.4) is 0 Å². The highest BCUT2D eigenvalue weighted by Crippen LogP contribution is 2.39. The SMILES string of the molecule is CCC(OC)C1(C)CCCN(C(CC2=CC=CCC2)C2=COC=CO2)C1. The summed E-state index contributed by atoms with van der Waals surface area (Å²) in [6.07, 6.45) is 18.7. The summed E-state index contributed by atoms with van der Waals surface area (Å²) in [5, 5.41) is 0. The minimum Gasteiger partial charge on any atom is -0.466 e. The molecule has 3 aliphatic rings. The Balaban J connectivity index is 1.79. The van der Waals surface area contributed by atoms with Crippen molar-refractivity contribution in [2.45, 2.75) is 64.5 Å². The van der Waals surface area contributed by atoms with Gasteiger partial charge in [0.1, 0.15) is 18.8 Å². The summed E-state index contributed by atoms with van der Waals surface area (Å²) < 4.78 is 17.1. The molecular weight excluding hydrogens is 326 g/mol. The van der Waals surface area contributed by atoms with Gasteiger partial charge in [0.2, 0.25) is 0 Å². The minimum absolute atomic E-state index is 0.173. The Morgan fingerprint density at radius 2 is 2.23 bits per heavy atom. The molecule has 4 nitrogen and oxygen atoms in total. The molecule has 0 amide bonds. The Morgan fingerprint density at radius 1 is 1.35 bits per heavy atom. The highest BCUT2D eigenvalue weighted by atomic mass is 16.5. The molecule has 0 saturated carbocycles. The van der Waals surface area contributed by atoms with Crippen molar-refractivity contribution in [3.63, 3.8) is 0 Å². The summed E-state index contributed by atoms with van der Waals surface area (Å²) in [7, 11) is 1.85. The number of hydrogen-bond acceptors (Lipinski definition) is 4. The number of hydrogen-bond donors (Lipinski definition) is 0. The Bertz CT molecular complexity index is 588. The molecule has 0 radical (unpaired) electrons. The van der Waals surface area contributed by atoms with Gasteiger partial charge in [0, 0.05) is 19.1 Å². The lowest BCUT2D eigenvalue weighted by Crippen LogP contribution is -2.52. The molecule has 1 fully saturated rings. The van der Waals surface area contributed by atoms with Gasteiger partial charge in [-0.1, -0.05) is 37.6 Å². The molecule has 26 heavy (non-hydrogen) atoms. The molecule has 0 bridgehead atoms. The molecule has 144 valence electrons. The third-order valence-electron chi connectivity index (χ3n) is 6.04. The molecule has 0 aromatic heterocycles. The van der Waals surface area contributed by atoms with E-state index < -0.39 is 0 Å². The predicted octanol–water partition coefficient (Wildman–Crippen LogP) is 4.91. The fourth-order valence-electron chi connectivity index (χ4n) is 4.69. The molecule has 0 spiro atoms. The molecule has 1 saturated heterocycles. The fourth-order valence-corrected chi connectivity index (χ4v) is 4.69. The van der Waals surface area contributed by atoms with Crippen LogP contribution in [0.5, 0.6) is 0 Å². The van der Waals surface area contributed by atoms with Crippen LogP contribution in [0, 0.1) is 5.41 Å². The number of allylic oxidation sites excluding steroid dienone is 3. The zero-order chi connectivity index (χ0) is 18.4. The van der Waals surface area contributed by atoms with Gasteiger partial charge in [0.05, 0.1) is 12.1 Å². The summed E-state index contributed by atoms with van der Waals surface area (Å²) in [6, 6.07) is 0.215. The summed E-state index contributed by atoms with van der Waals surface area (Å²) in [4.78, 5) is 2.58. The Kier molecular flexibility index (Phi) is 6.60. The monoisotopic (exact) mass is 359 g/mol. The molecule has 3 rings (SSSR count). The van der Waals surface area contributed by atoms with Gasteiger partial charge in [-0.2, -0.15) is 0 Å². The third-order valence-corrected chi connectivity index (χ3v) is 6.04. The largest absolute Gasteiger partial charge is 0.466 e. The number of methoxy groups -OCH3 is 1. The maximum atomic E-state index is 5.85. The molecule has 2 aliphatic heterocycles.